The van der Waals surface area contributed by atoms with Crippen LogP contribution in [-0.4, -0.2) is 44.1 Å². The maximum Gasteiger partial charge on any atom is 0.222 e. The highest BCUT2D eigenvalue weighted by Gasteiger charge is 2.27. The average Bonchev–Trinajstić information content (AvgIpc) is 3.21. The van der Waals surface area contributed by atoms with Crippen molar-refractivity contribution in [3.05, 3.63) is 65.7 Å². The van der Waals surface area contributed by atoms with Crippen molar-refractivity contribution >= 4 is 17.6 Å². The highest BCUT2D eigenvalue weighted by atomic mass is 19.1. The lowest BCUT2D eigenvalue weighted by atomic mass is 10.2. The Morgan fingerprint density at radius 1 is 1.10 bits per heavy atom. The maximum absolute atomic E-state index is 14.1. The number of rotatable bonds is 8. The van der Waals surface area contributed by atoms with Gasteiger partial charge in [0.2, 0.25) is 5.91 Å². The van der Waals surface area contributed by atoms with Crippen LogP contribution in [0.15, 0.2) is 53.5 Å². The zero-order valence-corrected chi connectivity index (χ0v) is 17.7. The Hall–Kier alpha value is -3.16. The summed E-state index contributed by atoms with van der Waals surface area (Å²) in [5.41, 5.74) is 1.07. The van der Waals surface area contributed by atoms with E-state index in [1.165, 1.54) is 18.2 Å². The van der Waals surface area contributed by atoms with Gasteiger partial charge in [0.05, 0.1) is 6.54 Å². The average molecular weight is 430 g/mol. The lowest BCUT2D eigenvalue weighted by molar-refractivity contribution is -0.121. The molecule has 1 heterocycles. The zero-order chi connectivity index (χ0) is 22.1. The molecule has 1 unspecified atom stereocenters. The fourth-order valence-corrected chi connectivity index (χ4v) is 3.54. The Balaban J connectivity index is 1.48. The summed E-state index contributed by atoms with van der Waals surface area (Å²) in [5, 5.41) is 9.35. The largest absolute Gasteiger partial charge is 0.365 e. The molecule has 1 amide bonds. The molecule has 6 nitrogen and oxygen atoms in total. The summed E-state index contributed by atoms with van der Waals surface area (Å²) >= 11 is 0. The fraction of sp³-hybridized carbons (Fsp3) is 0.391. The number of nitrogens with zero attached hydrogens (tertiary/aromatic N) is 2. The summed E-state index contributed by atoms with van der Waals surface area (Å²) in [7, 11) is 0. The van der Waals surface area contributed by atoms with E-state index in [1.54, 1.807) is 4.90 Å². The maximum atomic E-state index is 14.1. The first-order valence-electron chi connectivity index (χ1n) is 10.6. The third kappa shape index (κ3) is 6.67. The van der Waals surface area contributed by atoms with E-state index in [9.17, 15) is 13.6 Å². The van der Waals surface area contributed by atoms with Crippen LogP contribution in [-0.2, 0) is 11.3 Å². The Morgan fingerprint density at radius 2 is 1.84 bits per heavy atom. The first kappa shape index (κ1) is 22.5. The number of guanidine groups is 1. The van der Waals surface area contributed by atoms with Crippen LogP contribution >= 0.6 is 0 Å². The summed E-state index contributed by atoms with van der Waals surface area (Å²) in [6.07, 6.45) is 1.01. The van der Waals surface area contributed by atoms with Gasteiger partial charge in [0, 0.05) is 38.6 Å². The minimum absolute atomic E-state index is 0.00344. The molecule has 8 heteroatoms. The first-order chi connectivity index (χ1) is 15.1. The molecule has 1 aliphatic heterocycles. The molecule has 0 aromatic heterocycles. The van der Waals surface area contributed by atoms with Crippen molar-refractivity contribution in [2.75, 3.05) is 31.1 Å². The number of carbonyl (C=O) groups excluding carboxylic acids is 1. The van der Waals surface area contributed by atoms with E-state index in [1.807, 2.05) is 37.3 Å². The molecular weight excluding hydrogens is 400 g/mol. The monoisotopic (exact) mass is 429 g/mol. The molecule has 1 aliphatic rings. The third-order valence-corrected chi connectivity index (χ3v) is 5.07. The van der Waals surface area contributed by atoms with Crippen LogP contribution in [0.3, 0.4) is 0 Å². The molecule has 3 N–H and O–H groups in total. The van der Waals surface area contributed by atoms with Gasteiger partial charge < -0.3 is 20.9 Å². The molecule has 0 saturated carbocycles. The van der Waals surface area contributed by atoms with Crippen LogP contribution in [0.5, 0.6) is 0 Å². The Morgan fingerprint density at radius 3 is 2.55 bits per heavy atom. The van der Waals surface area contributed by atoms with Crippen molar-refractivity contribution in [2.24, 2.45) is 4.99 Å². The number of hydrogen-bond donors (Lipinski definition) is 3. The van der Waals surface area contributed by atoms with Gasteiger partial charge in [-0.3, -0.25) is 9.79 Å². The molecule has 3 rings (SSSR count). The van der Waals surface area contributed by atoms with E-state index in [0.29, 0.717) is 38.7 Å². The number of anilines is 1. The summed E-state index contributed by atoms with van der Waals surface area (Å²) in [6.45, 7) is 4.49. The topological polar surface area (TPSA) is 68.8 Å². The van der Waals surface area contributed by atoms with Crippen LogP contribution in [0.1, 0.15) is 25.3 Å². The molecule has 2 aromatic rings. The van der Waals surface area contributed by atoms with Gasteiger partial charge in [-0.15, -0.1) is 0 Å². The van der Waals surface area contributed by atoms with Gasteiger partial charge in [-0.2, -0.15) is 0 Å². The summed E-state index contributed by atoms with van der Waals surface area (Å²) in [6, 6.07) is 13.6. The molecule has 1 saturated heterocycles. The molecule has 0 spiro atoms. The number of aliphatic imine (C=N–C) groups is 1. The van der Waals surface area contributed by atoms with Gasteiger partial charge in [0.15, 0.2) is 5.96 Å². The minimum Gasteiger partial charge on any atom is -0.365 e. The molecule has 2 aromatic carbocycles. The second-order valence-corrected chi connectivity index (χ2v) is 7.42. The number of carbonyl (C=O) groups is 1. The fourth-order valence-electron chi connectivity index (χ4n) is 3.54. The van der Waals surface area contributed by atoms with Crippen molar-refractivity contribution in [3.8, 4) is 0 Å². The van der Waals surface area contributed by atoms with Gasteiger partial charge >= 0.3 is 0 Å². The summed E-state index contributed by atoms with van der Waals surface area (Å²) in [4.78, 5) is 18.2. The zero-order valence-electron chi connectivity index (χ0n) is 17.7. The molecule has 0 radical (unpaired) electrons. The smallest absolute Gasteiger partial charge is 0.222 e. The predicted octanol–water partition coefficient (Wildman–Crippen LogP) is 2.81. The molecule has 0 bridgehead atoms. The standard InChI is InChI=1S/C23H29F2N5O/c1-2-26-23(27-13-11-21(31)28-15-17-7-4-3-5-8-17)29-18-12-14-30(16-18)22-19(24)9-6-10-20(22)25/h3-10,18H,2,11-16H2,1H3,(H,28,31)(H2,26,27,29). The Bertz CT molecular complexity index is 871. The van der Waals surface area contributed by atoms with E-state index in [0.717, 1.165) is 12.0 Å². The van der Waals surface area contributed by atoms with Crippen LogP contribution in [0.4, 0.5) is 14.5 Å². The number of para-hydroxylation sites is 1. The number of nitrogens with one attached hydrogen (secondary N) is 3. The molecule has 1 fully saturated rings. The highest BCUT2D eigenvalue weighted by molar-refractivity contribution is 5.81. The predicted molar refractivity (Wildman–Crippen MR) is 119 cm³/mol. The Labute approximate surface area is 181 Å². The molecular formula is C23H29F2N5O. The van der Waals surface area contributed by atoms with Crippen LogP contribution < -0.4 is 20.9 Å². The SMILES string of the molecule is CCNC(=NCCC(=O)NCc1ccccc1)NC1CCN(c2c(F)cccc2F)C1. The second kappa shape index (κ2) is 11.3. The summed E-state index contributed by atoms with van der Waals surface area (Å²) in [5.74, 6) is -0.574. The number of hydrogen-bond acceptors (Lipinski definition) is 3. The second-order valence-electron chi connectivity index (χ2n) is 7.42. The normalized spacial score (nSPS) is 16.3. The van der Waals surface area contributed by atoms with Gasteiger partial charge in [-0.25, -0.2) is 8.78 Å². The van der Waals surface area contributed by atoms with Crippen molar-refractivity contribution < 1.29 is 13.6 Å². The lowest BCUT2D eigenvalue weighted by Gasteiger charge is -2.21. The van der Waals surface area contributed by atoms with E-state index < -0.39 is 11.6 Å². The van der Waals surface area contributed by atoms with Crippen LogP contribution in [0.25, 0.3) is 0 Å². The first-order valence-corrected chi connectivity index (χ1v) is 10.6. The molecule has 166 valence electrons. The third-order valence-electron chi connectivity index (χ3n) is 5.07. The Kier molecular flexibility index (Phi) is 8.20. The minimum atomic E-state index is -0.553. The van der Waals surface area contributed by atoms with Crippen molar-refractivity contribution in [3.63, 3.8) is 0 Å². The van der Waals surface area contributed by atoms with Crippen molar-refractivity contribution in [1.29, 1.82) is 0 Å². The van der Waals surface area contributed by atoms with E-state index in [-0.39, 0.29) is 24.1 Å². The van der Waals surface area contributed by atoms with Crippen molar-refractivity contribution in [2.45, 2.75) is 32.4 Å². The number of benzene rings is 2. The lowest BCUT2D eigenvalue weighted by Crippen LogP contribution is -2.44. The van der Waals surface area contributed by atoms with Crippen LogP contribution in [0.2, 0.25) is 0 Å². The molecule has 1 atom stereocenters. The van der Waals surface area contributed by atoms with Gasteiger partial charge in [-0.1, -0.05) is 36.4 Å². The van der Waals surface area contributed by atoms with Crippen LogP contribution in [0, 0.1) is 11.6 Å². The highest BCUT2D eigenvalue weighted by Crippen LogP contribution is 2.26. The molecule has 0 aliphatic carbocycles. The quantitative estimate of drug-likeness (QED) is 0.446. The van der Waals surface area contributed by atoms with Gasteiger partial charge in [0.25, 0.3) is 0 Å². The number of amides is 1. The summed E-state index contributed by atoms with van der Waals surface area (Å²) < 4.78 is 28.1. The molecule has 31 heavy (non-hydrogen) atoms. The number of halogens is 2. The van der Waals surface area contributed by atoms with E-state index >= 15 is 0 Å². The van der Waals surface area contributed by atoms with E-state index in [4.69, 9.17) is 0 Å². The van der Waals surface area contributed by atoms with Crippen molar-refractivity contribution in [1.82, 2.24) is 16.0 Å². The van der Waals surface area contributed by atoms with Gasteiger partial charge in [-0.05, 0) is 31.0 Å². The van der Waals surface area contributed by atoms with Gasteiger partial charge in [0.1, 0.15) is 17.3 Å². The van der Waals surface area contributed by atoms with E-state index in [2.05, 4.69) is 20.9 Å².